The zero-order valence-electron chi connectivity index (χ0n) is 10.7. The van der Waals surface area contributed by atoms with Gasteiger partial charge in [0.05, 0.1) is 5.56 Å². The Morgan fingerprint density at radius 3 is 2.38 bits per heavy atom. The molecule has 0 aliphatic heterocycles. The van der Waals surface area contributed by atoms with Gasteiger partial charge in [0.15, 0.2) is 0 Å². The van der Waals surface area contributed by atoms with E-state index in [-0.39, 0.29) is 28.3 Å². The summed E-state index contributed by atoms with van der Waals surface area (Å²) in [6.45, 7) is 0. The minimum Gasteiger partial charge on any atom is -0.478 e. The van der Waals surface area contributed by atoms with Crippen molar-refractivity contribution in [2.75, 3.05) is 5.73 Å². The average Bonchev–Trinajstić information content (AvgIpc) is 2.40. The largest absolute Gasteiger partial charge is 0.478 e. The van der Waals surface area contributed by atoms with Crippen LogP contribution >= 0.6 is 0 Å². The minimum absolute atomic E-state index is 0.00271. The molecule has 2 rings (SSSR count). The molecule has 2 aromatic rings. The highest BCUT2D eigenvalue weighted by Gasteiger charge is 2.14. The summed E-state index contributed by atoms with van der Waals surface area (Å²) in [7, 11) is 0. The lowest BCUT2D eigenvalue weighted by molar-refractivity contribution is 0.0694. The molecule has 21 heavy (non-hydrogen) atoms. The fourth-order valence-corrected chi connectivity index (χ4v) is 1.69. The smallest absolute Gasteiger partial charge is 0.339 e. The molecule has 0 bridgehead atoms. The lowest BCUT2D eigenvalue weighted by atomic mass is 10.1. The number of carbonyl (C=O) groups excluding carboxylic acids is 1. The van der Waals surface area contributed by atoms with Crippen molar-refractivity contribution in [3.05, 3.63) is 53.3 Å². The summed E-state index contributed by atoms with van der Waals surface area (Å²) >= 11 is 0. The maximum Gasteiger partial charge on any atom is 0.339 e. The summed E-state index contributed by atoms with van der Waals surface area (Å²) in [6.07, 6.45) is 0. The molecule has 2 aromatic carbocycles. The third kappa shape index (κ3) is 3.08. The molecule has 0 aromatic heterocycles. The highest BCUT2D eigenvalue weighted by Crippen LogP contribution is 2.28. The van der Waals surface area contributed by atoms with Gasteiger partial charge in [0.2, 0.25) is 0 Å². The summed E-state index contributed by atoms with van der Waals surface area (Å²) in [5, 5.41) is 9.07. The maximum absolute atomic E-state index is 13.6. The van der Waals surface area contributed by atoms with E-state index in [0.29, 0.717) is 0 Å². The monoisotopic (exact) mass is 290 g/mol. The third-order valence-electron chi connectivity index (χ3n) is 2.67. The van der Waals surface area contributed by atoms with Crippen LogP contribution in [-0.2, 0) is 0 Å². The van der Waals surface area contributed by atoms with Gasteiger partial charge in [-0.15, -0.1) is 0 Å². The average molecular weight is 290 g/mol. The Morgan fingerprint density at radius 2 is 1.81 bits per heavy atom. The summed E-state index contributed by atoms with van der Waals surface area (Å²) in [4.78, 5) is 22.0. The second-order valence-electron chi connectivity index (χ2n) is 4.17. The predicted octanol–water partition coefficient (Wildman–Crippen LogP) is 2.00. The number of carboxylic acids is 1. The first-order chi connectivity index (χ1) is 9.88. The number of amides is 1. The van der Waals surface area contributed by atoms with Crippen LogP contribution in [0.1, 0.15) is 20.7 Å². The number of ether oxygens (including phenoxy) is 1. The fourth-order valence-electron chi connectivity index (χ4n) is 1.69. The molecular weight excluding hydrogens is 279 g/mol. The Balaban J connectivity index is 2.37. The Bertz CT molecular complexity index is 731. The lowest BCUT2D eigenvalue weighted by Crippen LogP contribution is -2.12. The minimum atomic E-state index is -1.23. The molecule has 0 aliphatic rings. The Kier molecular flexibility index (Phi) is 3.75. The van der Waals surface area contributed by atoms with Crippen molar-refractivity contribution in [3.63, 3.8) is 0 Å². The molecule has 0 radical (unpaired) electrons. The predicted molar refractivity (Wildman–Crippen MR) is 72.8 cm³/mol. The van der Waals surface area contributed by atoms with Crippen molar-refractivity contribution in [2.45, 2.75) is 0 Å². The van der Waals surface area contributed by atoms with Gasteiger partial charge in [-0.05, 0) is 30.3 Å². The van der Waals surface area contributed by atoms with Crippen LogP contribution in [-0.4, -0.2) is 17.0 Å². The van der Waals surface area contributed by atoms with Gasteiger partial charge in [0, 0.05) is 11.8 Å². The van der Waals surface area contributed by atoms with Gasteiger partial charge in [-0.1, -0.05) is 0 Å². The SMILES string of the molecule is NC(=O)c1ccc(Oc2ccc(N)cc2C(=O)O)cc1F. The maximum atomic E-state index is 13.6. The molecule has 7 heteroatoms. The number of anilines is 1. The molecule has 0 fully saturated rings. The number of aromatic carboxylic acids is 1. The van der Waals surface area contributed by atoms with Crippen molar-refractivity contribution >= 4 is 17.6 Å². The van der Waals surface area contributed by atoms with E-state index in [1.165, 1.54) is 24.3 Å². The van der Waals surface area contributed by atoms with Crippen LogP contribution in [0.25, 0.3) is 0 Å². The van der Waals surface area contributed by atoms with E-state index >= 15 is 0 Å². The van der Waals surface area contributed by atoms with Gasteiger partial charge < -0.3 is 21.3 Å². The van der Waals surface area contributed by atoms with E-state index in [2.05, 4.69) is 0 Å². The number of carboxylic acid groups (broad SMARTS) is 1. The fraction of sp³-hybridized carbons (Fsp3) is 0. The summed E-state index contributed by atoms with van der Waals surface area (Å²) < 4.78 is 18.9. The Labute approximate surface area is 118 Å². The highest BCUT2D eigenvalue weighted by atomic mass is 19.1. The second kappa shape index (κ2) is 5.49. The number of benzene rings is 2. The van der Waals surface area contributed by atoms with Crippen molar-refractivity contribution < 1.29 is 23.8 Å². The topological polar surface area (TPSA) is 116 Å². The van der Waals surface area contributed by atoms with Gasteiger partial charge in [-0.25, -0.2) is 9.18 Å². The van der Waals surface area contributed by atoms with Crippen molar-refractivity contribution in [1.29, 1.82) is 0 Å². The first kappa shape index (κ1) is 14.3. The molecular formula is C14H11FN2O4. The molecule has 0 unspecified atom stereocenters. The number of primary amides is 1. The van der Waals surface area contributed by atoms with Gasteiger partial charge in [-0.2, -0.15) is 0 Å². The second-order valence-corrected chi connectivity index (χ2v) is 4.17. The summed E-state index contributed by atoms with van der Waals surface area (Å²) in [5.41, 5.74) is 10.3. The standard InChI is InChI=1S/C14H11FN2O4/c15-11-6-8(2-3-9(11)13(17)18)21-12-4-1-7(16)5-10(12)14(19)20/h1-6H,16H2,(H2,17,18)(H,19,20). The quantitative estimate of drug-likeness (QED) is 0.745. The molecule has 0 heterocycles. The number of nitrogens with two attached hydrogens (primary N) is 2. The van der Waals surface area contributed by atoms with E-state index in [0.717, 1.165) is 12.1 Å². The first-order valence-electron chi connectivity index (χ1n) is 5.78. The normalized spacial score (nSPS) is 10.1. The van der Waals surface area contributed by atoms with Crippen LogP contribution in [0.15, 0.2) is 36.4 Å². The van der Waals surface area contributed by atoms with Crippen LogP contribution in [0.2, 0.25) is 0 Å². The molecule has 108 valence electrons. The van der Waals surface area contributed by atoms with E-state index in [4.69, 9.17) is 21.3 Å². The Hall–Kier alpha value is -3.09. The molecule has 1 amide bonds. The molecule has 0 spiro atoms. The zero-order valence-corrected chi connectivity index (χ0v) is 10.7. The van der Waals surface area contributed by atoms with Crippen molar-refractivity contribution in [1.82, 2.24) is 0 Å². The van der Waals surface area contributed by atoms with E-state index in [1.54, 1.807) is 0 Å². The third-order valence-corrected chi connectivity index (χ3v) is 2.67. The molecule has 5 N–H and O–H groups in total. The summed E-state index contributed by atoms with van der Waals surface area (Å²) in [5.74, 6) is -2.95. The zero-order chi connectivity index (χ0) is 15.6. The molecule has 0 saturated heterocycles. The molecule has 0 saturated carbocycles. The highest BCUT2D eigenvalue weighted by molar-refractivity contribution is 5.93. The molecule has 0 atom stereocenters. The van der Waals surface area contributed by atoms with Crippen LogP contribution in [0.4, 0.5) is 10.1 Å². The Morgan fingerprint density at radius 1 is 1.10 bits per heavy atom. The van der Waals surface area contributed by atoms with Crippen LogP contribution < -0.4 is 16.2 Å². The van der Waals surface area contributed by atoms with Crippen molar-refractivity contribution in [2.24, 2.45) is 5.73 Å². The number of rotatable bonds is 4. The van der Waals surface area contributed by atoms with Gasteiger partial charge in [0.1, 0.15) is 22.9 Å². The molecule has 6 nitrogen and oxygen atoms in total. The first-order valence-corrected chi connectivity index (χ1v) is 5.78. The van der Waals surface area contributed by atoms with Crippen molar-refractivity contribution in [3.8, 4) is 11.5 Å². The van der Waals surface area contributed by atoms with Gasteiger partial charge in [-0.3, -0.25) is 4.79 Å². The van der Waals surface area contributed by atoms with E-state index in [1.807, 2.05) is 0 Å². The number of hydrogen-bond acceptors (Lipinski definition) is 4. The van der Waals surface area contributed by atoms with E-state index in [9.17, 15) is 14.0 Å². The van der Waals surface area contributed by atoms with Crippen LogP contribution in [0.5, 0.6) is 11.5 Å². The summed E-state index contributed by atoms with van der Waals surface area (Å²) in [6, 6.07) is 7.46. The number of hydrogen-bond donors (Lipinski definition) is 3. The molecule has 0 aliphatic carbocycles. The van der Waals surface area contributed by atoms with E-state index < -0.39 is 17.7 Å². The number of halogens is 1. The lowest BCUT2D eigenvalue weighted by Gasteiger charge is -2.10. The van der Waals surface area contributed by atoms with Gasteiger partial charge >= 0.3 is 5.97 Å². The van der Waals surface area contributed by atoms with Gasteiger partial charge in [0.25, 0.3) is 5.91 Å². The number of nitrogen functional groups attached to an aromatic ring is 1. The van der Waals surface area contributed by atoms with Crippen LogP contribution in [0, 0.1) is 5.82 Å². The van der Waals surface area contributed by atoms with Crippen LogP contribution in [0.3, 0.4) is 0 Å². The number of carbonyl (C=O) groups is 2.